The van der Waals surface area contributed by atoms with Crippen molar-refractivity contribution in [2.45, 2.75) is 11.8 Å². The van der Waals surface area contributed by atoms with Crippen molar-refractivity contribution >= 4 is 27.5 Å². The van der Waals surface area contributed by atoms with E-state index in [1.165, 1.54) is 6.92 Å². The molecule has 0 saturated heterocycles. The number of sulfonamides is 1. The summed E-state index contributed by atoms with van der Waals surface area (Å²) in [4.78, 5) is 19.1. The lowest BCUT2D eigenvalue weighted by molar-refractivity contribution is -0.119. The number of carbonyl (C=O) groups is 1. The Morgan fingerprint density at radius 1 is 1.40 bits per heavy atom. The summed E-state index contributed by atoms with van der Waals surface area (Å²) >= 11 is 5.38. The number of hydrogen-bond donors (Lipinski definition) is 2. The normalized spacial score (nSPS) is 11.1. The Morgan fingerprint density at radius 3 is 2.40 bits per heavy atom. The Morgan fingerprint density at radius 2 is 1.93 bits per heavy atom. The van der Waals surface area contributed by atoms with Crippen LogP contribution in [0, 0.1) is 0 Å². The summed E-state index contributed by atoms with van der Waals surface area (Å²) in [6.45, 7) is 1.17. The van der Waals surface area contributed by atoms with E-state index in [9.17, 15) is 13.2 Å². The average molecular weight is 251 g/mol. The van der Waals surface area contributed by atoms with Crippen molar-refractivity contribution in [3.8, 4) is 0 Å². The Kier molecular flexibility index (Phi) is 3.56. The lowest BCUT2D eigenvalue weighted by Crippen LogP contribution is -2.40. The Labute approximate surface area is 90.9 Å². The second kappa shape index (κ2) is 4.51. The summed E-state index contributed by atoms with van der Waals surface area (Å²) in [6, 6.07) is 0. The molecule has 7 nitrogen and oxygen atoms in total. The molecule has 0 saturated carbocycles. The molecule has 0 aliphatic carbocycles. The van der Waals surface area contributed by atoms with E-state index in [-0.39, 0.29) is 10.2 Å². The lowest BCUT2D eigenvalue weighted by atomic mass is 10.7. The molecule has 1 heterocycles. The molecule has 1 aromatic rings. The third-order valence-corrected chi connectivity index (χ3v) is 2.67. The molecule has 15 heavy (non-hydrogen) atoms. The zero-order chi connectivity index (χ0) is 11.5. The number of rotatable bonds is 3. The van der Waals surface area contributed by atoms with Crippen LogP contribution in [0.3, 0.4) is 0 Å². The first-order chi connectivity index (χ1) is 6.92. The van der Waals surface area contributed by atoms with Crippen LogP contribution < -0.4 is 10.3 Å². The maximum absolute atomic E-state index is 11.4. The number of hydrogen-bond acceptors (Lipinski definition) is 5. The fraction of sp³-hybridized carbons (Fsp3) is 0.167. The minimum atomic E-state index is -3.84. The average Bonchev–Trinajstić information content (AvgIpc) is 2.16. The van der Waals surface area contributed by atoms with Crippen molar-refractivity contribution in [1.82, 2.24) is 20.2 Å². The standard InChI is InChI=1S/C6H7ClN4O3S/c1-4(12)10-11-15(13,14)5-2-8-6(7)9-3-5/h2-3,11H,1H3,(H,10,12). The van der Waals surface area contributed by atoms with Gasteiger partial charge >= 0.3 is 0 Å². The van der Waals surface area contributed by atoms with Gasteiger partial charge in [0.25, 0.3) is 10.0 Å². The number of nitrogens with zero attached hydrogens (tertiary/aromatic N) is 2. The topological polar surface area (TPSA) is 101 Å². The highest BCUT2D eigenvalue weighted by Gasteiger charge is 2.14. The largest absolute Gasteiger partial charge is 0.278 e. The van der Waals surface area contributed by atoms with E-state index in [0.29, 0.717) is 0 Å². The van der Waals surface area contributed by atoms with Crippen molar-refractivity contribution in [3.63, 3.8) is 0 Å². The molecule has 0 aliphatic rings. The first-order valence-electron chi connectivity index (χ1n) is 3.68. The Bertz CT molecular complexity index is 458. The van der Waals surface area contributed by atoms with Gasteiger partial charge in [0, 0.05) is 6.92 Å². The van der Waals surface area contributed by atoms with Crippen molar-refractivity contribution in [3.05, 3.63) is 17.7 Å². The predicted molar refractivity (Wildman–Crippen MR) is 51.2 cm³/mol. The molecule has 1 aromatic heterocycles. The Balaban J connectivity index is 2.87. The zero-order valence-corrected chi connectivity index (χ0v) is 9.13. The van der Waals surface area contributed by atoms with E-state index in [4.69, 9.17) is 11.6 Å². The second-order valence-corrected chi connectivity index (χ2v) is 4.49. The van der Waals surface area contributed by atoms with Gasteiger partial charge in [-0.25, -0.2) is 18.4 Å². The first kappa shape index (κ1) is 11.8. The van der Waals surface area contributed by atoms with Crippen molar-refractivity contribution in [2.75, 3.05) is 0 Å². The molecule has 0 aromatic carbocycles. The predicted octanol–water partition coefficient (Wildman–Crippen LogP) is -0.541. The van der Waals surface area contributed by atoms with Gasteiger partial charge < -0.3 is 0 Å². The molecule has 0 spiro atoms. The zero-order valence-electron chi connectivity index (χ0n) is 7.56. The third kappa shape index (κ3) is 3.42. The van der Waals surface area contributed by atoms with E-state index >= 15 is 0 Å². The summed E-state index contributed by atoms with van der Waals surface area (Å²) in [5, 5.41) is -0.0616. The third-order valence-electron chi connectivity index (χ3n) is 1.27. The molecule has 0 radical (unpaired) electrons. The van der Waals surface area contributed by atoms with Gasteiger partial charge in [0.15, 0.2) is 0 Å². The van der Waals surface area contributed by atoms with Crippen molar-refractivity contribution in [1.29, 1.82) is 0 Å². The van der Waals surface area contributed by atoms with Crippen LogP contribution in [0.15, 0.2) is 17.3 Å². The van der Waals surface area contributed by atoms with Gasteiger partial charge in [0.1, 0.15) is 4.90 Å². The van der Waals surface area contributed by atoms with Gasteiger partial charge in [-0.15, -0.1) is 4.83 Å². The fourth-order valence-electron chi connectivity index (χ4n) is 0.637. The molecule has 0 unspecified atom stereocenters. The summed E-state index contributed by atoms with van der Waals surface area (Å²) in [5.74, 6) is -0.534. The van der Waals surface area contributed by atoms with E-state index in [1.54, 1.807) is 0 Å². The van der Waals surface area contributed by atoms with Crippen LogP contribution in [0.2, 0.25) is 5.28 Å². The SMILES string of the molecule is CC(=O)NNS(=O)(=O)c1cnc(Cl)nc1. The van der Waals surface area contributed by atoms with Gasteiger partial charge in [0.2, 0.25) is 11.2 Å². The highest BCUT2D eigenvalue weighted by atomic mass is 35.5. The van der Waals surface area contributed by atoms with Crippen LogP contribution >= 0.6 is 11.6 Å². The molecular formula is C6H7ClN4O3S. The summed E-state index contributed by atoms with van der Waals surface area (Å²) in [7, 11) is -3.84. The number of aromatic nitrogens is 2. The van der Waals surface area contributed by atoms with Gasteiger partial charge in [-0.2, -0.15) is 0 Å². The number of nitrogens with one attached hydrogen (secondary N) is 2. The molecule has 0 aliphatic heterocycles. The second-order valence-electron chi connectivity index (χ2n) is 2.47. The molecule has 82 valence electrons. The van der Waals surface area contributed by atoms with Crippen LogP contribution in [-0.4, -0.2) is 24.3 Å². The van der Waals surface area contributed by atoms with E-state index in [0.717, 1.165) is 12.4 Å². The number of halogens is 1. The van der Waals surface area contributed by atoms with Crippen LogP contribution in [0.5, 0.6) is 0 Å². The van der Waals surface area contributed by atoms with Crippen LogP contribution in [0.25, 0.3) is 0 Å². The van der Waals surface area contributed by atoms with Crippen molar-refractivity contribution < 1.29 is 13.2 Å². The number of amides is 1. The molecular weight excluding hydrogens is 244 g/mol. The number of hydrazine groups is 1. The van der Waals surface area contributed by atoms with E-state index in [2.05, 4.69) is 9.97 Å². The van der Waals surface area contributed by atoms with Gasteiger partial charge in [-0.1, -0.05) is 0 Å². The van der Waals surface area contributed by atoms with E-state index in [1.807, 2.05) is 10.3 Å². The van der Waals surface area contributed by atoms with Gasteiger partial charge in [0.05, 0.1) is 12.4 Å². The Hall–Kier alpha value is -1.25. The minimum absolute atomic E-state index is 0.0616. The van der Waals surface area contributed by atoms with Crippen molar-refractivity contribution in [2.24, 2.45) is 0 Å². The minimum Gasteiger partial charge on any atom is -0.278 e. The lowest BCUT2D eigenvalue weighted by Gasteiger charge is -2.05. The molecule has 1 rings (SSSR count). The smallest absolute Gasteiger partial charge is 0.260 e. The fourth-order valence-corrected chi connectivity index (χ4v) is 1.51. The highest BCUT2D eigenvalue weighted by molar-refractivity contribution is 7.89. The number of carbonyl (C=O) groups excluding carboxylic acids is 1. The highest BCUT2D eigenvalue weighted by Crippen LogP contribution is 2.06. The molecule has 1 amide bonds. The van der Waals surface area contributed by atoms with Gasteiger partial charge in [-0.3, -0.25) is 10.2 Å². The molecule has 0 atom stereocenters. The van der Waals surface area contributed by atoms with Crippen LogP contribution in [0.4, 0.5) is 0 Å². The van der Waals surface area contributed by atoms with Crippen LogP contribution in [-0.2, 0) is 14.8 Å². The summed E-state index contributed by atoms with van der Waals surface area (Å²) in [6.07, 6.45) is 2.05. The molecule has 2 N–H and O–H groups in total. The summed E-state index contributed by atoms with van der Waals surface area (Å²) in [5.41, 5.74) is 1.93. The van der Waals surface area contributed by atoms with E-state index < -0.39 is 15.9 Å². The summed E-state index contributed by atoms with van der Waals surface area (Å²) < 4.78 is 22.8. The maximum atomic E-state index is 11.4. The quantitative estimate of drug-likeness (QED) is 0.554. The van der Waals surface area contributed by atoms with Crippen LogP contribution in [0.1, 0.15) is 6.92 Å². The van der Waals surface area contributed by atoms with Gasteiger partial charge in [-0.05, 0) is 11.6 Å². The maximum Gasteiger partial charge on any atom is 0.260 e. The monoisotopic (exact) mass is 250 g/mol. The molecule has 0 fully saturated rings. The first-order valence-corrected chi connectivity index (χ1v) is 5.54. The molecule has 9 heteroatoms. The molecule has 0 bridgehead atoms.